The van der Waals surface area contributed by atoms with Crippen LogP contribution in [-0.2, 0) is 20.1 Å². The maximum absolute atomic E-state index is 9.49. The third-order valence-corrected chi connectivity index (χ3v) is 12.0. The van der Waals surface area contributed by atoms with Crippen LogP contribution >= 0.6 is 11.3 Å². The van der Waals surface area contributed by atoms with Crippen molar-refractivity contribution in [2.45, 2.75) is 64.0 Å². The Morgan fingerprint density at radius 1 is 0.796 bits per heavy atom. The van der Waals surface area contributed by atoms with E-state index < -0.39 is 56.9 Å². The second-order valence-corrected chi connectivity index (χ2v) is 19.1. The van der Waals surface area contributed by atoms with Crippen molar-refractivity contribution in [2.75, 3.05) is 0 Å². The molecule has 1 fully saturated rings. The van der Waals surface area contributed by atoms with Crippen LogP contribution in [0.15, 0.2) is 121 Å². The van der Waals surface area contributed by atoms with E-state index in [9.17, 15) is 1.37 Å². The number of rotatable bonds is 5. The molecule has 1 saturated carbocycles. The van der Waals surface area contributed by atoms with Crippen LogP contribution in [0.2, 0.25) is 19.6 Å². The number of aromatic nitrogens is 2. The predicted octanol–water partition coefficient (Wildman–Crippen LogP) is 11.8. The Morgan fingerprint density at radius 3 is 2.27 bits per heavy atom. The third-order valence-electron chi connectivity index (χ3n) is 8.80. The Kier molecular flexibility index (Phi) is 7.69. The molecule has 7 aromatic rings. The van der Waals surface area contributed by atoms with Gasteiger partial charge in [-0.25, -0.2) is 0 Å². The zero-order valence-corrected chi connectivity index (χ0v) is 31.8. The van der Waals surface area contributed by atoms with Crippen LogP contribution in [0.25, 0.3) is 42.7 Å². The monoisotopic (exact) mass is 861 g/mol. The number of pyridine rings is 2. The van der Waals surface area contributed by atoms with E-state index in [4.69, 9.17) is 12.3 Å². The van der Waals surface area contributed by atoms with Gasteiger partial charge in [0.2, 0.25) is 0 Å². The maximum atomic E-state index is 9.49. The van der Waals surface area contributed by atoms with Gasteiger partial charge in [0, 0.05) is 44.1 Å². The SMILES string of the molecule is C[Si](C)(C)c1ccc(-c2[c-]cccc2)nc1.[2H]c1c([2H])c([2H])c(C2([2H])CCC([2H])(c3cc(-c4[c-]ccc5c4sc4ccccc45)ncc3C([2H])([2H])[2H])CC2)c([2H])c1[2H].[Ir]. The van der Waals surface area contributed by atoms with Crippen molar-refractivity contribution in [1.82, 2.24) is 9.97 Å². The van der Waals surface area contributed by atoms with E-state index in [1.54, 1.807) is 17.4 Å². The summed E-state index contributed by atoms with van der Waals surface area (Å²) in [6, 6.07) is 30.0. The van der Waals surface area contributed by atoms with Gasteiger partial charge in [-0.1, -0.05) is 91.6 Å². The van der Waals surface area contributed by atoms with Crippen LogP contribution in [0.3, 0.4) is 0 Å². The van der Waals surface area contributed by atoms with Crippen molar-refractivity contribution in [3.63, 3.8) is 0 Å². The number of hydrogen-bond donors (Lipinski definition) is 0. The van der Waals surface area contributed by atoms with Gasteiger partial charge in [0.1, 0.15) is 0 Å². The summed E-state index contributed by atoms with van der Waals surface area (Å²) in [5.41, 5.74) is 3.50. The first-order valence-electron chi connectivity index (χ1n) is 21.2. The van der Waals surface area contributed by atoms with Gasteiger partial charge in [-0.3, -0.25) is 0 Å². The number of thiophene rings is 1. The van der Waals surface area contributed by atoms with Crippen LogP contribution < -0.4 is 5.19 Å². The van der Waals surface area contributed by atoms with Gasteiger partial charge in [0.25, 0.3) is 0 Å². The molecule has 5 heteroatoms. The fourth-order valence-electron chi connectivity index (χ4n) is 6.11. The summed E-state index contributed by atoms with van der Waals surface area (Å²) in [6.07, 6.45) is 3.54. The van der Waals surface area contributed by atoms with Crippen LogP contribution in [0.1, 0.15) is 67.9 Å². The summed E-state index contributed by atoms with van der Waals surface area (Å²) in [5.74, 6) is -2.89. The van der Waals surface area contributed by atoms with E-state index in [2.05, 4.69) is 59.9 Å². The molecule has 1 aliphatic rings. The van der Waals surface area contributed by atoms with Gasteiger partial charge >= 0.3 is 0 Å². The minimum atomic E-state index is -2.52. The molecule has 3 aromatic heterocycles. The first-order chi connectivity index (χ1) is 27.3. The van der Waals surface area contributed by atoms with Gasteiger partial charge < -0.3 is 9.97 Å². The normalized spacial score (nSPS) is 22.3. The van der Waals surface area contributed by atoms with Gasteiger partial charge in [-0.15, -0.1) is 59.7 Å². The summed E-state index contributed by atoms with van der Waals surface area (Å²) in [7, 11) is -1.23. The molecule has 2 nitrogen and oxygen atoms in total. The van der Waals surface area contributed by atoms with E-state index in [-0.39, 0.29) is 56.9 Å². The van der Waals surface area contributed by atoms with Crippen molar-refractivity contribution in [2.24, 2.45) is 0 Å². The third kappa shape index (κ3) is 7.87. The molecule has 249 valence electrons. The number of benzene rings is 4. The van der Waals surface area contributed by atoms with Crippen molar-refractivity contribution in [3.05, 3.63) is 150 Å². The average Bonchev–Trinajstić information content (AvgIpc) is 3.59. The molecule has 0 saturated heterocycles. The van der Waals surface area contributed by atoms with Crippen molar-refractivity contribution in [3.8, 4) is 22.5 Å². The summed E-state index contributed by atoms with van der Waals surface area (Å²) < 4.78 is 86.1. The molecular formula is C44H42IrN2SSi-2. The molecule has 0 bridgehead atoms. The molecule has 49 heavy (non-hydrogen) atoms. The molecule has 1 radical (unpaired) electrons. The maximum Gasteiger partial charge on any atom is 0.0795 e. The molecule has 3 heterocycles. The summed E-state index contributed by atoms with van der Waals surface area (Å²) in [5, 5.41) is 3.55. The van der Waals surface area contributed by atoms with Crippen LogP contribution in [0, 0.1) is 19.0 Å². The zero-order valence-electron chi connectivity index (χ0n) is 37.6. The Labute approximate surface area is 324 Å². The van der Waals surface area contributed by atoms with Crippen LogP contribution in [-0.4, -0.2) is 18.0 Å². The Balaban J connectivity index is 0.000000289. The van der Waals surface area contributed by atoms with E-state index in [0.717, 1.165) is 37.0 Å². The molecule has 0 unspecified atom stereocenters. The van der Waals surface area contributed by atoms with E-state index in [0.29, 0.717) is 11.3 Å². The van der Waals surface area contributed by atoms with Crippen LogP contribution in [0.5, 0.6) is 0 Å². The van der Waals surface area contributed by atoms with E-state index >= 15 is 0 Å². The second-order valence-electron chi connectivity index (χ2n) is 13.0. The number of fused-ring (bicyclic) bond motifs is 3. The molecule has 1 aliphatic carbocycles. The summed E-state index contributed by atoms with van der Waals surface area (Å²) in [4.78, 5) is 9.05. The van der Waals surface area contributed by atoms with Gasteiger partial charge in [-0.05, 0) is 93.7 Å². The molecule has 0 aliphatic heterocycles. The molecule has 4 aromatic carbocycles. The first-order valence-corrected chi connectivity index (χ1v) is 20.5. The Hall–Kier alpha value is -3.73. The summed E-state index contributed by atoms with van der Waals surface area (Å²) >= 11 is 1.60. The minimum absolute atomic E-state index is 0. The van der Waals surface area contributed by atoms with Gasteiger partial charge in [0.05, 0.1) is 14.9 Å². The molecule has 8 rings (SSSR count). The first kappa shape index (κ1) is 24.4. The van der Waals surface area contributed by atoms with E-state index in [1.807, 2.05) is 60.8 Å². The molecule has 0 atom stereocenters. The summed E-state index contributed by atoms with van der Waals surface area (Å²) in [6.45, 7) is 4.47. The van der Waals surface area contributed by atoms with Crippen molar-refractivity contribution >= 4 is 44.8 Å². The number of hydrogen-bond acceptors (Lipinski definition) is 3. The molecule has 0 spiro atoms. The average molecular weight is 861 g/mol. The second kappa shape index (κ2) is 15.4. The van der Waals surface area contributed by atoms with E-state index in [1.165, 1.54) is 11.4 Å². The quantitative estimate of drug-likeness (QED) is 0.127. The zero-order chi connectivity index (χ0) is 41.8. The smallest absolute Gasteiger partial charge is 0.0795 e. The standard InChI is InChI=1S/C30H26NS.C14H16NSi.Ir/c1-20-19-31-28(26-12-7-11-25-24-10-5-6-13-29(24)32-30(25)26)18-27(20)23-16-14-22(15-17-23)21-8-3-2-4-9-21;1-16(2,3)13-9-10-14(15-11-13)12-7-5-4-6-8-12;/h2-11,13,18-19,22-23H,14-17H2,1H3;4-7,9-11H,1-3H3;/q2*-1;/i1D3,2D,3D,4D,8D,9D,22D,23D;;. The minimum Gasteiger partial charge on any atom is -0.305 e. The molecule has 0 amide bonds. The largest absolute Gasteiger partial charge is 0.305 e. The Morgan fingerprint density at radius 2 is 1.55 bits per heavy atom. The fraction of sp³-hybridized carbons (Fsp3) is 0.227. The number of aryl methyl sites for hydroxylation is 1. The molecular weight excluding hydrogens is 809 g/mol. The van der Waals surface area contributed by atoms with Crippen molar-refractivity contribution in [1.29, 1.82) is 0 Å². The number of nitrogens with zero attached hydrogens (tertiary/aromatic N) is 2. The van der Waals surface area contributed by atoms with Crippen molar-refractivity contribution < 1.29 is 33.8 Å². The van der Waals surface area contributed by atoms with Crippen LogP contribution in [0.4, 0.5) is 0 Å². The predicted molar refractivity (Wildman–Crippen MR) is 208 cm³/mol. The van der Waals surface area contributed by atoms with Gasteiger partial charge in [0.15, 0.2) is 0 Å². The Bertz CT molecular complexity index is 2610. The van der Waals surface area contributed by atoms with Gasteiger partial charge in [-0.2, -0.15) is 11.3 Å². The topological polar surface area (TPSA) is 25.8 Å². The molecule has 0 N–H and O–H groups in total. The fourth-order valence-corrected chi connectivity index (χ4v) is 8.36.